The molecule has 0 bridgehead atoms. The minimum absolute atomic E-state index is 1.44. The predicted molar refractivity (Wildman–Crippen MR) is 57.8 cm³/mol. The van der Waals surface area contributed by atoms with Crippen molar-refractivity contribution in [2.75, 3.05) is 0 Å². The monoisotopic (exact) mass is 178 g/mol. The van der Waals surface area contributed by atoms with E-state index in [4.69, 9.17) is 0 Å². The van der Waals surface area contributed by atoms with Gasteiger partial charge < -0.3 is 0 Å². The molecule has 2 aliphatic carbocycles. The Morgan fingerprint density at radius 2 is 0.692 bits per heavy atom. The molecule has 0 spiro atoms. The molecule has 0 nitrogen and oxygen atoms in total. The van der Waals surface area contributed by atoms with E-state index in [1.807, 2.05) is 11.1 Å². The van der Waals surface area contributed by atoms with Gasteiger partial charge in [-0.25, -0.2) is 0 Å². The molecule has 0 saturated heterocycles. The van der Waals surface area contributed by atoms with Crippen molar-refractivity contribution in [3.63, 3.8) is 0 Å². The van der Waals surface area contributed by atoms with Crippen LogP contribution in [0, 0.1) is 0 Å². The Morgan fingerprint density at radius 3 is 1.15 bits per heavy atom. The summed E-state index contributed by atoms with van der Waals surface area (Å²) in [5.41, 5.74) is 3.74. The first kappa shape index (κ1) is 9.30. The summed E-state index contributed by atoms with van der Waals surface area (Å²) in [6, 6.07) is 0. The average molecular weight is 178 g/mol. The Labute approximate surface area is 82.4 Å². The van der Waals surface area contributed by atoms with E-state index in [1.165, 1.54) is 70.6 Å². The number of allylic oxidation sites excluding steroid dienone is 2. The van der Waals surface area contributed by atoms with Crippen LogP contribution in [-0.4, -0.2) is 0 Å². The maximum absolute atomic E-state index is 1.87. The number of rotatable bonds is 0. The molecule has 0 radical (unpaired) electrons. The highest BCUT2D eigenvalue weighted by Crippen LogP contribution is 2.32. The zero-order chi connectivity index (χ0) is 8.93. The molecule has 74 valence electrons. The molecule has 0 heteroatoms. The van der Waals surface area contributed by atoms with Crippen LogP contribution in [0.5, 0.6) is 0 Å². The van der Waals surface area contributed by atoms with Crippen LogP contribution in [0.2, 0.25) is 0 Å². The molecular weight excluding hydrogens is 156 g/mol. The zero-order valence-corrected chi connectivity index (χ0v) is 8.78. The molecule has 0 N–H and O–H groups in total. The standard InChI is InChI=1S/C13H22/c1-2-4-8-12(9-5-3-1)13-10-6-7-11-13/h1-11H2. The molecule has 0 aromatic heterocycles. The van der Waals surface area contributed by atoms with Gasteiger partial charge in [0, 0.05) is 0 Å². The van der Waals surface area contributed by atoms with Gasteiger partial charge in [0.25, 0.3) is 0 Å². The van der Waals surface area contributed by atoms with Gasteiger partial charge in [0.1, 0.15) is 0 Å². The van der Waals surface area contributed by atoms with E-state index in [2.05, 4.69) is 0 Å². The maximum atomic E-state index is 1.87. The summed E-state index contributed by atoms with van der Waals surface area (Å²) in [7, 11) is 0. The first-order valence-electron chi connectivity index (χ1n) is 6.16. The summed E-state index contributed by atoms with van der Waals surface area (Å²) in [5, 5.41) is 0. The Bertz CT molecular complexity index is 170. The van der Waals surface area contributed by atoms with Gasteiger partial charge in [-0.15, -0.1) is 0 Å². The molecule has 0 unspecified atom stereocenters. The zero-order valence-electron chi connectivity index (χ0n) is 8.78. The normalized spacial score (nSPS) is 25.8. The molecule has 0 aliphatic heterocycles. The molecule has 0 aromatic rings. The maximum Gasteiger partial charge on any atom is -0.0318 e. The second kappa shape index (κ2) is 4.83. The largest absolute Gasteiger partial charge is 0.0710 e. The molecule has 2 saturated carbocycles. The van der Waals surface area contributed by atoms with Crippen LogP contribution in [-0.2, 0) is 0 Å². The van der Waals surface area contributed by atoms with Gasteiger partial charge in [-0.1, -0.05) is 30.4 Å². The van der Waals surface area contributed by atoms with Gasteiger partial charge in [0.15, 0.2) is 0 Å². The van der Waals surface area contributed by atoms with Crippen molar-refractivity contribution < 1.29 is 0 Å². The van der Waals surface area contributed by atoms with E-state index in [0.29, 0.717) is 0 Å². The van der Waals surface area contributed by atoms with Crippen LogP contribution in [0.25, 0.3) is 0 Å². The molecule has 0 heterocycles. The Kier molecular flexibility index (Phi) is 3.46. The lowest BCUT2D eigenvalue weighted by Gasteiger charge is -2.14. The van der Waals surface area contributed by atoms with Crippen LogP contribution in [0.4, 0.5) is 0 Å². The number of hydrogen-bond acceptors (Lipinski definition) is 0. The number of hydrogen-bond donors (Lipinski definition) is 0. The molecule has 13 heavy (non-hydrogen) atoms. The van der Waals surface area contributed by atoms with Crippen LogP contribution < -0.4 is 0 Å². The minimum Gasteiger partial charge on any atom is -0.0710 e. The van der Waals surface area contributed by atoms with Gasteiger partial charge in [-0.2, -0.15) is 0 Å². The van der Waals surface area contributed by atoms with Crippen molar-refractivity contribution in [3.05, 3.63) is 11.1 Å². The molecule has 0 aromatic carbocycles. The fraction of sp³-hybridized carbons (Fsp3) is 0.846. The van der Waals surface area contributed by atoms with Crippen molar-refractivity contribution in [2.45, 2.75) is 70.6 Å². The highest BCUT2D eigenvalue weighted by atomic mass is 14.2. The second-order valence-corrected chi connectivity index (χ2v) is 4.68. The Morgan fingerprint density at radius 1 is 0.385 bits per heavy atom. The molecule has 2 rings (SSSR count). The molecular formula is C13H22. The quantitative estimate of drug-likeness (QED) is 0.475. The van der Waals surface area contributed by atoms with Crippen LogP contribution in [0.1, 0.15) is 70.6 Å². The lowest BCUT2D eigenvalue weighted by molar-refractivity contribution is 0.563. The Hall–Kier alpha value is -0.260. The van der Waals surface area contributed by atoms with E-state index in [-0.39, 0.29) is 0 Å². The Balaban J connectivity index is 1.97. The summed E-state index contributed by atoms with van der Waals surface area (Å²) in [4.78, 5) is 0. The van der Waals surface area contributed by atoms with E-state index < -0.39 is 0 Å². The third-order valence-corrected chi connectivity index (χ3v) is 3.66. The van der Waals surface area contributed by atoms with Crippen molar-refractivity contribution in [3.8, 4) is 0 Å². The van der Waals surface area contributed by atoms with Crippen molar-refractivity contribution in [2.24, 2.45) is 0 Å². The van der Waals surface area contributed by atoms with Crippen LogP contribution in [0.15, 0.2) is 11.1 Å². The highest BCUT2D eigenvalue weighted by molar-refractivity contribution is 5.17. The summed E-state index contributed by atoms with van der Waals surface area (Å²) in [5.74, 6) is 0. The molecule has 2 fully saturated rings. The van der Waals surface area contributed by atoms with Crippen molar-refractivity contribution in [1.82, 2.24) is 0 Å². The highest BCUT2D eigenvalue weighted by Gasteiger charge is 2.13. The molecule has 2 aliphatic rings. The third kappa shape index (κ3) is 2.59. The van der Waals surface area contributed by atoms with Crippen LogP contribution >= 0.6 is 0 Å². The van der Waals surface area contributed by atoms with Crippen molar-refractivity contribution in [1.29, 1.82) is 0 Å². The summed E-state index contributed by atoms with van der Waals surface area (Å²) >= 11 is 0. The van der Waals surface area contributed by atoms with Crippen molar-refractivity contribution >= 4 is 0 Å². The van der Waals surface area contributed by atoms with Gasteiger partial charge in [-0.05, 0) is 51.4 Å². The lowest BCUT2D eigenvalue weighted by Crippen LogP contribution is -1.94. The van der Waals surface area contributed by atoms with E-state index in [1.54, 1.807) is 0 Å². The molecule has 0 atom stereocenters. The lowest BCUT2D eigenvalue weighted by atomic mass is 9.92. The summed E-state index contributed by atoms with van der Waals surface area (Å²) in [6.07, 6.45) is 16.1. The predicted octanol–water partition coefficient (Wildman–Crippen LogP) is 4.60. The first-order valence-corrected chi connectivity index (χ1v) is 6.16. The third-order valence-electron chi connectivity index (χ3n) is 3.66. The van der Waals surface area contributed by atoms with Gasteiger partial charge in [0.05, 0.1) is 0 Å². The van der Waals surface area contributed by atoms with E-state index >= 15 is 0 Å². The summed E-state index contributed by atoms with van der Waals surface area (Å²) in [6.45, 7) is 0. The topological polar surface area (TPSA) is 0 Å². The fourth-order valence-electron chi connectivity index (χ4n) is 2.84. The SMILES string of the molecule is C1CCCC(=C2CCCC2)CCC1. The molecule has 0 amide bonds. The smallest absolute Gasteiger partial charge is 0.0318 e. The van der Waals surface area contributed by atoms with Gasteiger partial charge in [0.2, 0.25) is 0 Å². The summed E-state index contributed by atoms with van der Waals surface area (Å²) < 4.78 is 0. The van der Waals surface area contributed by atoms with E-state index in [9.17, 15) is 0 Å². The fourth-order valence-corrected chi connectivity index (χ4v) is 2.84. The average Bonchev–Trinajstić information content (AvgIpc) is 2.55. The second-order valence-electron chi connectivity index (χ2n) is 4.68. The van der Waals surface area contributed by atoms with Gasteiger partial charge >= 0.3 is 0 Å². The first-order chi connectivity index (χ1) is 6.47. The van der Waals surface area contributed by atoms with E-state index in [0.717, 1.165) is 0 Å². The van der Waals surface area contributed by atoms with Crippen LogP contribution in [0.3, 0.4) is 0 Å². The minimum atomic E-state index is 1.44. The van der Waals surface area contributed by atoms with Gasteiger partial charge in [-0.3, -0.25) is 0 Å².